The molecule has 1 N–H and O–H groups in total. The molecule has 0 aliphatic carbocycles. The fourth-order valence-corrected chi connectivity index (χ4v) is 3.48. The summed E-state index contributed by atoms with van der Waals surface area (Å²) in [6, 6.07) is 0. The number of amides is 1. The van der Waals surface area contributed by atoms with Gasteiger partial charge in [0.2, 0.25) is 11.6 Å². The van der Waals surface area contributed by atoms with Crippen molar-refractivity contribution < 1.29 is 9.21 Å². The second kappa shape index (κ2) is 7.42. The molecule has 2 aromatic heterocycles. The quantitative estimate of drug-likeness (QED) is 0.843. The number of piperidine rings is 1. The molecule has 0 aromatic carbocycles. The molecule has 0 spiro atoms. The predicted octanol–water partition coefficient (Wildman–Crippen LogP) is 3.28. The van der Waals surface area contributed by atoms with E-state index in [0.29, 0.717) is 18.1 Å². The molecule has 1 aliphatic heterocycles. The summed E-state index contributed by atoms with van der Waals surface area (Å²) in [4.78, 5) is 23.8. The lowest BCUT2D eigenvalue weighted by molar-refractivity contribution is -0.125. The Morgan fingerprint density at radius 3 is 2.88 bits per heavy atom. The molecule has 0 saturated carbocycles. The minimum Gasteiger partial charge on any atom is -0.443 e. The normalized spacial score (nSPS) is 17.9. The van der Waals surface area contributed by atoms with E-state index in [1.54, 1.807) is 0 Å². The first-order valence-corrected chi connectivity index (χ1v) is 9.28. The number of hydrogen-bond acceptors (Lipinski definition) is 5. The number of nitrogens with one attached hydrogen (secondary N) is 1. The Morgan fingerprint density at radius 2 is 2.12 bits per heavy atom. The molecule has 1 aliphatic rings. The van der Waals surface area contributed by atoms with Gasteiger partial charge in [0, 0.05) is 25.2 Å². The SMILES string of the molecule is CCCCNC(=O)[C@H]1CCCN(c2nc(C)nc3oc(C)c(C)c23)C1. The van der Waals surface area contributed by atoms with Gasteiger partial charge in [-0.2, -0.15) is 4.98 Å². The number of nitrogens with zero attached hydrogens (tertiary/aromatic N) is 3. The molecule has 1 atom stereocenters. The van der Waals surface area contributed by atoms with Gasteiger partial charge in [0.05, 0.1) is 11.3 Å². The van der Waals surface area contributed by atoms with Crippen LogP contribution >= 0.6 is 0 Å². The summed E-state index contributed by atoms with van der Waals surface area (Å²) in [6.07, 6.45) is 4.05. The minimum atomic E-state index is 0.0178. The van der Waals surface area contributed by atoms with Gasteiger partial charge >= 0.3 is 0 Å². The average Bonchev–Trinajstić information content (AvgIpc) is 2.88. The van der Waals surface area contributed by atoms with Gasteiger partial charge < -0.3 is 14.6 Å². The summed E-state index contributed by atoms with van der Waals surface area (Å²) in [5.74, 6) is 2.67. The van der Waals surface area contributed by atoms with E-state index in [0.717, 1.165) is 61.3 Å². The Labute approximate surface area is 149 Å². The van der Waals surface area contributed by atoms with Crippen molar-refractivity contribution in [1.29, 1.82) is 0 Å². The van der Waals surface area contributed by atoms with Crippen molar-refractivity contribution in [3.8, 4) is 0 Å². The average molecular weight is 344 g/mol. The number of anilines is 1. The fraction of sp³-hybridized carbons (Fsp3) is 0.632. The van der Waals surface area contributed by atoms with Crippen LogP contribution < -0.4 is 10.2 Å². The van der Waals surface area contributed by atoms with Crippen molar-refractivity contribution in [2.24, 2.45) is 5.92 Å². The second-order valence-electron chi connectivity index (χ2n) is 6.99. The number of aromatic nitrogens is 2. The van der Waals surface area contributed by atoms with Gasteiger partial charge in [0.1, 0.15) is 17.4 Å². The summed E-state index contributed by atoms with van der Waals surface area (Å²) >= 11 is 0. The van der Waals surface area contributed by atoms with E-state index >= 15 is 0 Å². The highest BCUT2D eigenvalue weighted by Gasteiger charge is 2.28. The lowest BCUT2D eigenvalue weighted by Crippen LogP contribution is -2.43. The molecular formula is C19H28N4O2. The van der Waals surface area contributed by atoms with Crippen LogP contribution in [0.4, 0.5) is 5.82 Å². The summed E-state index contributed by atoms with van der Waals surface area (Å²) in [5.41, 5.74) is 1.73. The standard InChI is InChI=1S/C19H28N4O2/c1-5-6-9-20-18(24)15-8-7-10-23(11-15)17-16-12(2)13(3)25-19(16)22-14(4)21-17/h15H,5-11H2,1-4H3,(H,20,24)/t15-/m0/s1. The Morgan fingerprint density at radius 1 is 1.32 bits per heavy atom. The van der Waals surface area contributed by atoms with E-state index in [1.165, 1.54) is 0 Å². The second-order valence-corrected chi connectivity index (χ2v) is 6.99. The fourth-order valence-electron chi connectivity index (χ4n) is 3.48. The van der Waals surface area contributed by atoms with E-state index in [9.17, 15) is 4.79 Å². The van der Waals surface area contributed by atoms with Gasteiger partial charge in [0.15, 0.2) is 0 Å². The van der Waals surface area contributed by atoms with Crippen molar-refractivity contribution in [3.05, 3.63) is 17.1 Å². The van der Waals surface area contributed by atoms with E-state index in [-0.39, 0.29) is 11.8 Å². The van der Waals surface area contributed by atoms with Crippen LogP contribution in [0.2, 0.25) is 0 Å². The summed E-state index contributed by atoms with van der Waals surface area (Å²) in [7, 11) is 0. The molecule has 0 unspecified atom stereocenters. The van der Waals surface area contributed by atoms with Crippen LogP contribution in [0.5, 0.6) is 0 Å². The smallest absolute Gasteiger partial charge is 0.231 e. The molecule has 0 radical (unpaired) electrons. The molecule has 1 saturated heterocycles. The van der Waals surface area contributed by atoms with E-state index in [1.807, 2.05) is 20.8 Å². The van der Waals surface area contributed by atoms with Gasteiger partial charge in [-0.1, -0.05) is 13.3 Å². The molecule has 6 nitrogen and oxygen atoms in total. The number of furan rings is 1. The predicted molar refractivity (Wildman–Crippen MR) is 98.9 cm³/mol. The van der Waals surface area contributed by atoms with E-state index in [4.69, 9.17) is 9.40 Å². The monoisotopic (exact) mass is 344 g/mol. The van der Waals surface area contributed by atoms with Crippen LogP contribution in [-0.2, 0) is 4.79 Å². The lowest BCUT2D eigenvalue weighted by Gasteiger charge is -2.33. The summed E-state index contributed by atoms with van der Waals surface area (Å²) in [5, 5.41) is 4.05. The zero-order valence-electron chi connectivity index (χ0n) is 15.7. The summed E-state index contributed by atoms with van der Waals surface area (Å²) in [6.45, 7) is 10.4. The van der Waals surface area contributed by atoms with Crippen LogP contribution in [0.3, 0.4) is 0 Å². The summed E-state index contributed by atoms with van der Waals surface area (Å²) < 4.78 is 5.79. The van der Waals surface area contributed by atoms with Gasteiger partial charge in [-0.3, -0.25) is 4.79 Å². The van der Waals surface area contributed by atoms with Crippen LogP contribution in [0.1, 0.15) is 49.8 Å². The molecule has 6 heteroatoms. The first-order chi connectivity index (χ1) is 12.0. The molecule has 3 heterocycles. The largest absolute Gasteiger partial charge is 0.443 e. The number of aryl methyl sites for hydroxylation is 3. The van der Waals surface area contributed by atoms with Crippen molar-refractivity contribution in [3.63, 3.8) is 0 Å². The zero-order chi connectivity index (χ0) is 18.0. The van der Waals surface area contributed by atoms with Gasteiger partial charge in [-0.25, -0.2) is 4.98 Å². The maximum absolute atomic E-state index is 12.5. The van der Waals surface area contributed by atoms with Crippen molar-refractivity contribution in [2.75, 3.05) is 24.5 Å². The third kappa shape index (κ3) is 3.62. The van der Waals surface area contributed by atoms with E-state index in [2.05, 4.69) is 22.1 Å². The molecule has 136 valence electrons. The Kier molecular flexibility index (Phi) is 5.25. The molecular weight excluding hydrogens is 316 g/mol. The molecule has 3 rings (SSSR count). The highest BCUT2D eigenvalue weighted by molar-refractivity contribution is 5.90. The van der Waals surface area contributed by atoms with Crippen LogP contribution in [0, 0.1) is 26.7 Å². The molecule has 1 fully saturated rings. The number of carbonyl (C=O) groups excluding carboxylic acids is 1. The Balaban J connectivity index is 1.84. The van der Waals surface area contributed by atoms with Crippen LogP contribution in [-0.4, -0.2) is 35.5 Å². The van der Waals surface area contributed by atoms with Gasteiger partial charge in [-0.15, -0.1) is 0 Å². The van der Waals surface area contributed by atoms with Crippen LogP contribution in [0.25, 0.3) is 11.1 Å². The molecule has 0 bridgehead atoms. The van der Waals surface area contributed by atoms with Crippen molar-refractivity contribution >= 4 is 22.8 Å². The third-order valence-corrected chi connectivity index (χ3v) is 5.04. The van der Waals surface area contributed by atoms with E-state index < -0.39 is 0 Å². The highest BCUT2D eigenvalue weighted by Crippen LogP contribution is 2.33. The first-order valence-electron chi connectivity index (χ1n) is 9.28. The lowest BCUT2D eigenvalue weighted by atomic mass is 9.96. The maximum Gasteiger partial charge on any atom is 0.231 e. The topological polar surface area (TPSA) is 71.3 Å². The number of carbonyl (C=O) groups is 1. The molecule has 2 aromatic rings. The molecule has 25 heavy (non-hydrogen) atoms. The number of fused-ring (bicyclic) bond motifs is 1. The minimum absolute atomic E-state index is 0.0178. The van der Waals surface area contributed by atoms with Crippen molar-refractivity contribution in [2.45, 2.75) is 53.4 Å². The third-order valence-electron chi connectivity index (χ3n) is 5.04. The maximum atomic E-state index is 12.5. The first kappa shape index (κ1) is 17.7. The highest BCUT2D eigenvalue weighted by atomic mass is 16.3. The Bertz CT molecular complexity index is 768. The van der Waals surface area contributed by atoms with Gasteiger partial charge in [-0.05, 0) is 40.0 Å². The van der Waals surface area contributed by atoms with Crippen molar-refractivity contribution in [1.82, 2.24) is 15.3 Å². The van der Waals surface area contributed by atoms with Gasteiger partial charge in [0.25, 0.3) is 0 Å². The zero-order valence-corrected chi connectivity index (χ0v) is 15.7. The number of rotatable bonds is 5. The van der Waals surface area contributed by atoms with Crippen LogP contribution in [0.15, 0.2) is 4.42 Å². The Hall–Kier alpha value is -2.11. The molecule has 1 amide bonds. The number of hydrogen-bond donors (Lipinski definition) is 1. The number of unbranched alkanes of at least 4 members (excludes halogenated alkanes) is 1.